The highest BCUT2D eigenvalue weighted by Gasteiger charge is 2.20. The van der Waals surface area contributed by atoms with E-state index in [4.69, 9.17) is 9.41 Å². The second kappa shape index (κ2) is 13.7. The Balaban J connectivity index is 0.960. The summed E-state index contributed by atoms with van der Waals surface area (Å²) in [7, 11) is 0. The lowest BCUT2D eigenvalue weighted by atomic mass is 10.0. The zero-order chi connectivity index (χ0) is 40.7. The van der Waals surface area contributed by atoms with Crippen molar-refractivity contribution < 1.29 is 4.42 Å². The number of para-hydroxylation sites is 4. The third-order valence-electron chi connectivity index (χ3n) is 12.8. The zero-order valence-electron chi connectivity index (χ0n) is 33.7. The van der Waals surface area contributed by atoms with Crippen LogP contribution >= 0.6 is 0 Å². The minimum absolute atomic E-state index is 0.750. The fourth-order valence-electron chi connectivity index (χ4n) is 9.91. The topological polar surface area (TPSA) is 35.4 Å². The van der Waals surface area contributed by atoms with Crippen molar-refractivity contribution >= 4 is 83.0 Å². The summed E-state index contributed by atoms with van der Waals surface area (Å²) in [6, 6.07) is 74.1. The number of aromatic nitrogens is 2. The molecule has 1 aliphatic rings. The molecular formula is C58H37N3O. The average molecular weight is 792 g/mol. The second-order valence-electron chi connectivity index (χ2n) is 16.2. The molecule has 0 aliphatic carbocycles. The molecule has 0 bridgehead atoms. The van der Waals surface area contributed by atoms with Crippen LogP contribution in [0.4, 0.5) is 0 Å². The quantitative estimate of drug-likeness (QED) is 0.171. The van der Waals surface area contributed by atoms with Crippen LogP contribution in [0.2, 0.25) is 0 Å². The first kappa shape index (κ1) is 34.6. The third-order valence-corrected chi connectivity index (χ3v) is 12.8. The van der Waals surface area contributed by atoms with Crippen LogP contribution in [0.1, 0.15) is 17.5 Å². The van der Waals surface area contributed by atoms with Gasteiger partial charge in [0.2, 0.25) is 0 Å². The maximum Gasteiger partial charge on any atom is 0.144 e. The molecule has 12 aromatic rings. The summed E-state index contributed by atoms with van der Waals surface area (Å²) in [6.45, 7) is 0. The van der Waals surface area contributed by atoms with Gasteiger partial charge in [-0.3, -0.25) is 4.99 Å². The van der Waals surface area contributed by atoms with Gasteiger partial charge in [-0.2, -0.15) is 0 Å². The van der Waals surface area contributed by atoms with Crippen molar-refractivity contribution in [2.45, 2.75) is 6.42 Å². The van der Waals surface area contributed by atoms with Gasteiger partial charge in [0.05, 0.1) is 33.5 Å². The Hall–Kier alpha value is -8.21. The van der Waals surface area contributed by atoms with Crippen molar-refractivity contribution in [2.75, 3.05) is 0 Å². The predicted octanol–water partition coefficient (Wildman–Crippen LogP) is 13.3. The highest BCUT2D eigenvalue weighted by molar-refractivity contribution is 6.14. The van der Waals surface area contributed by atoms with E-state index < -0.39 is 0 Å². The summed E-state index contributed by atoms with van der Waals surface area (Å²) in [6.07, 6.45) is 3.04. The Labute approximate surface area is 356 Å². The Morgan fingerprint density at radius 2 is 1.00 bits per heavy atom. The highest BCUT2D eigenvalue weighted by Crippen LogP contribution is 2.40. The van der Waals surface area contributed by atoms with Crippen molar-refractivity contribution in [2.24, 2.45) is 4.99 Å². The molecule has 0 saturated heterocycles. The first-order valence-electron chi connectivity index (χ1n) is 21.3. The Morgan fingerprint density at radius 3 is 1.73 bits per heavy atom. The lowest BCUT2D eigenvalue weighted by Crippen LogP contribution is -2.25. The minimum atomic E-state index is 0.750. The zero-order valence-corrected chi connectivity index (χ0v) is 33.7. The van der Waals surface area contributed by atoms with E-state index in [9.17, 15) is 0 Å². The molecule has 0 N–H and O–H groups in total. The molecule has 290 valence electrons. The van der Waals surface area contributed by atoms with Gasteiger partial charge < -0.3 is 13.6 Å². The van der Waals surface area contributed by atoms with Crippen molar-refractivity contribution in [3.05, 3.63) is 228 Å². The lowest BCUT2D eigenvalue weighted by molar-refractivity contribution is 0.667. The molecule has 0 radical (unpaired) electrons. The molecule has 9 aromatic carbocycles. The van der Waals surface area contributed by atoms with E-state index >= 15 is 0 Å². The van der Waals surface area contributed by atoms with E-state index in [-0.39, 0.29) is 0 Å². The third kappa shape index (κ3) is 5.30. The molecule has 4 nitrogen and oxygen atoms in total. The van der Waals surface area contributed by atoms with E-state index in [1.807, 2.05) is 0 Å². The Kier molecular flexibility index (Phi) is 7.63. The summed E-state index contributed by atoms with van der Waals surface area (Å²) in [4.78, 5) is 5.41. The van der Waals surface area contributed by atoms with Crippen molar-refractivity contribution in [1.82, 2.24) is 9.13 Å². The number of nitrogens with zero attached hydrogens (tertiary/aromatic N) is 3. The molecule has 62 heavy (non-hydrogen) atoms. The van der Waals surface area contributed by atoms with Gasteiger partial charge in [-0.05, 0) is 94.7 Å². The van der Waals surface area contributed by atoms with Crippen LogP contribution in [-0.4, -0.2) is 14.8 Å². The van der Waals surface area contributed by atoms with Gasteiger partial charge in [0.25, 0.3) is 0 Å². The highest BCUT2D eigenvalue weighted by atomic mass is 16.3. The standard InChI is InChI=1S/C58H37N3O/c1-3-15-38(16-4-1)51-30-26-37-14-7-8-19-43(37)57(59-51)47-23-13-22-46-50-36-42(29-33-56(50)62-58(46)47)61-53-25-12-10-21-45(53)49-35-40(28-32-55(49)61)39-27-31-54-48(34-39)44-20-9-11-24-52(44)60(54)41-17-5-2-6-18-41/h1-29,31-36H,30H2. The van der Waals surface area contributed by atoms with Gasteiger partial charge in [-0.15, -0.1) is 0 Å². The van der Waals surface area contributed by atoms with Crippen LogP contribution in [0.25, 0.3) is 99.8 Å². The monoisotopic (exact) mass is 791 g/mol. The van der Waals surface area contributed by atoms with Gasteiger partial charge in [-0.1, -0.05) is 140 Å². The normalized spacial score (nSPS) is 13.0. The van der Waals surface area contributed by atoms with E-state index in [0.29, 0.717) is 0 Å². The van der Waals surface area contributed by atoms with Gasteiger partial charge >= 0.3 is 0 Å². The molecule has 1 aliphatic heterocycles. The largest absolute Gasteiger partial charge is 0.455 e. The van der Waals surface area contributed by atoms with Crippen LogP contribution in [-0.2, 0) is 0 Å². The summed E-state index contributed by atoms with van der Waals surface area (Å²) in [5.41, 5.74) is 15.2. The van der Waals surface area contributed by atoms with Crippen LogP contribution < -0.4 is 10.4 Å². The molecule has 0 fully saturated rings. The molecule has 13 rings (SSSR count). The van der Waals surface area contributed by atoms with Crippen LogP contribution in [0.5, 0.6) is 0 Å². The number of rotatable bonds is 5. The maximum absolute atomic E-state index is 6.82. The lowest BCUT2D eigenvalue weighted by Gasteiger charge is -2.09. The van der Waals surface area contributed by atoms with Crippen LogP contribution in [0.15, 0.2) is 216 Å². The van der Waals surface area contributed by atoms with E-state index in [1.165, 1.54) is 54.4 Å². The van der Waals surface area contributed by atoms with Crippen LogP contribution in [0.3, 0.4) is 0 Å². The molecule has 4 heteroatoms. The molecule has 4 heterocycles. The van der Waals surface area contributed by atoms with Gasteiger partial charge in [0.1, 0.15) is 11.2 Å². The van der Waals surface area contributed by atoms with E-state index in [1.54, 1.807) is 0 Å². The van der Waals surface area contributed by atoms with Gasteiger partial charge in [-0.25, -0.2) is 0 Å². The fourth-order valence-corrected chi connectivity index (χ4v) is 9.91. The van der Waals surface area contributed by atoms with Crippen LogP contribution in [0, 0.1) is 0 Å². The number of benzene rings is 9. The number of hydrogen-bond acceptors (Lipinski definition) is 2. The summed E-state index contributed by atoms with van der Waals surface area (Å²) >= 11 is 0. The molecule has 0 spiro atoms. The molecule has 3 aromatic heterocycles. The summed E-state index contributed by atoms with van der Waals surface area (Å²) in [5, 5.41) is 9.37. The fraction of sp³-hybridized carbons (Fsp3) is 0.0172. The maximum atomic E-state index is 6.82. The second-order valence-corrected chi connectivity index (χ2v) is 16.2. The summed E-state index contributed by atoms with van der Waals surface area (Å²) in [5.74, 6) is 0. The van der Waals surface area contributed by atoms with E-state index in [0.717, 1.165) is 73.0 Å². The molecule has 0 saturated carbocycles. The molecule has 0 amide bonds. The number of fused-ring (bicyclic) bond motifs is 10. The minimum Gasteiger partial charge on any atom is -0.455 e. The summed E-state index contributed by atoms with van der Waals surface area (Å²) < 4.78 is 11.6. The Morgan fingerprint density at radius 1 is 0.403 bits per heavy atom. The Bertz CT molecular complexity index is 3940. The molecular weight excluding hydrogens is 755 g/mol. The SMILES string of the molecule is C1=c2ccccc2=C(c2cccc3c2oc2ccc(-n4c5ccccc5c5cc(-c6ccc7c(c6)c6ccccc6n7-c6ccccc6)ccc54)cc23)N=C(c2ccccc2)C1. The van der Waals surface area contributed by atoms with Gasteiger partial charge in [0, 0.05) is 60.9 Å². The van der Waals surface area contributed by atoms with Gasteiger partial charge in [0.15, 0.2) is 0 Å². The number of hydrogen-bond donors (Lipinski definition) is 0. The molecule has 0 atom stereocenters. The predicted molar refractivity (Wildman–Crippen MR) is 258 cm³/mol. The molecule has 0 unspecified atom stereocenters. The van der Waals surface area contributed by atoms with Crippen molar-refractivity contribution in [1.29, 1.82) is 0 Å². The van der Waals surface area contributed by atoms with E-state index in [2.05, 4.69) is 221 Å². The number of aliphatic imine (C=N–C) groups is 1. The average Bonchev–Trinajstić information content (AvgIpc) is 3.94. The smallest absolute Gasteiger partial charge is 0.144 e. The number of furan rings is 1. The van der Waals surface area contributed by atoms with Crippen molar-refractivity contribution in [3.8, 4) is 22.5 Å². The van der Waals surface area contributed by atoms with Crippen molar-refractivity contribution in [3.63, 3.8) is 0 Å². The first-order valence-corrected chi connectivity index (χ1v) is 21.3. The first-order chi connectivity index (χ1) is 30.7.